The molecule has 1 aromatic heterocycles. The molecular formula is C20H21ClN6O3. The zero-order valence-corrected chi connectivity index (χ0v) is 17.4. The van der Waals surface area contributed by atoms with Gasteiger partial charge in [0.1, 0.15) is 12.3 Å². The molecule has 0 saturated carbocycles. The average molecular weight is 429 g/mol. The van der Waals surface area contributed by atoms with E-state index in [0.29, 0.717) is 22.1 Å². The number of nitrogens with one attached hydrogen (secondary N) is 2. The van der Waals surface area contributed by atoms with Crippen LogP contribution >= 0.6 is 11.6 Å². The summed E-state index contributed by atoms with van der Waals surface area (Å²) in [6.45, 7) is 3.52. The lowest BCUT2D eigenvalue weighted by molar-refractivity contribution is -0.116. The van der Waals surface area contributed by atoms with Gasteiger partial charge in [-0.15, -0.1) is 5.10 Å². The number of hydrogen-bond donors (Lipinski definition) is 3. The van der Waals surface area contributed by atoms with E-state index in [1.165, 1.54) is 7.11 Å². The molecule has 30 heavy (non-hydrogen) atoms. The summed E-state index contributed by atoms with van der Waals surface area (Å²) >= 11 is 5.97. The molecule has 0 fully saturated rings. The molecule has 156 valence electrons. The maximum absolute atomic E-state index is 12.6. The molecule has 0 aliphatic rings. The number of rotatable bonds is 6. The molecule has 2 aromatic carbocycles. The van der Waals surface area contributed by atoms with E-state index < -0.39 is 5.91 Å². The van der Waals surface area contributed by atoms with Crippen LogP contribution in [-0.4, -0.2) is 33.9 Å². The molecule has 0 spiro atoms. The fraction of sp³-hybridized carbons (Fsp3) is 0.200. The number of aromatic nitrogens is 3. The lowest BCUT2D eigenvalue weighted by atomic mass is 10.2. The highest BCUT2D eigenvalue weighted by atomic mass is 35.5. The predicted octanol–water partition coefficient (Wildman–Crippen LogP) is 3.03. The Labute approximate surface area is 178 Å². The zero-order chi connectivity index (χ0) is 21.8. The summed E-state index contributed by atoms with van der Waals surface area (Å²) in [7, 11) is 1.51. The Hall–Kier alpha value is -3.59. The van der Waals surface area contributed by atoms with Gasteiger partial charge in [-0.2, -0.15) is 0 Å². The van der Waals surface area contributed by atoms with Crippen molar-refractivity contribution >= 4 is 40.6 Å². The largest absolute Gasteiger partial charge is 0.495 e. The van der Waals surface area contributed by atoms with Crippen LogP contribution in [0.3, 0.4) is 0 Å². The summed E-state index contributed by atoms with van der Waals surface area (Å²) in [5.74, 6) is -0.480. The van der Waals surface area contributed by atoms with Crippen LogP contribution in [0.5, 0.6) is 5.75 Å². The van der Waals surface area contributed by atoms with E-state index in [4.69, 9.17) is 22.1 Å². The van der Waals surface area contributed by atoms with Crippen molar-refractivity contribution < 1.29 is 14.3 Å². The fourth-order valence-electron chi connectivity index (χ4n) is 2.75. The van der Waals surface area contributed by atoms with Crippen LogP contribution in [0.2, 0.25) is 5.02 Å². The second-order valence-corrected chi connectivity index (χ2v) is 7.08. The first-order valence-corrected chi connectivity index (χ1v) is 9.37. The molecule has 0 atom stereocenters. The number of nitrogen functional groups attached to an aromatic ring is 1. The number of nitrogens with two attached hydrogens (primary N) is 1. The maximum Gasteiger partial charge on any atom is 0.280 e. The van der Waals surface area contributed by atoms with Crippen molar-refractivity contribution in [2.24, 2.45) is 0 Å². The molecule has 9 nitrogen and oxygen atoms in total. The Morgan fingerprint density at radius 3 is 2.63 bits per heavy atom. The van der Waals surface area contributed by atoms with Crippen LogP contribution in [-0.2, 0) is 11.3 Å². The highest BCUT2D eigenvalue weighted by Crippen LogP contribution is 2.26. The molecule has 2 amide bonds. The van der Waals surface area contributed by atoms with E-state index in [-0.39, 0.29) is 24.0 Å². The molecule has 1 heterocycles. The monoisotopic (exact) mass is 428 g/mol. The number of carbonyl (C=O) groups excluding carboxylic acids is 2. The number of halogens is 1. The van der Waals surface area contributed by atoms with Crippen molar-refractivity contribution in [1.29, 1.82) is 0 Å². The Bertz CT molecular complexity index is 1110. The van der Waals surface area contributed by atoms with Crippen molar-refractivity contribution in [2.45, 2.75) is 20.4 Å². The molecule has 3 rings (SSSR count). The first-order chi connectivity index (χ1) is 14.3. The van der Waals surface area contributed by atoms with E-state index in [2.05, 4.69) is 20.9 Å². The SMILES string of the molecule is COc1ccc(C)cc1NC(=O)c1nnn(CC(=O)Nc2cc(Cl)ccc2C)c1N. The van der Waals surface area contributed by atoms with Gasteiger partial charge in [-0.3, -0.25) is 9.59 Å². The molecule has 0 aliphatic carbocycles. The number of ether oxygens (including phenoxy) is 1. The lowest BCUT2D eigenvalue weighted by Gasteiger charge is -2.10. The summed E-state index contributed by atoms with van der Waals surface area (Å²) in [5, 5.41) is 13.6. The molecule has 0 bridgehead atoms. The van der Waals surface area contributed by atoms with Gasteiger partial charge >= 0.3 is 0 Å². The fourth-order valence-corrected chi connectivity index (χ4v) is 2.93. The van der Waals surface area contributed by atoms with E-state index >= 15 is 0 Å². The summed E-state index contributed by atoms with van der Waals surface area (Å²) in [4.78, 5) is 25.0. The molecule has 4 N–H and O–H groups in total. The topological polar surface area (TPSA) is 124 Å². The number of aryl methyl sites for hydroxylation is 2. The van der Waals surface area contributed by atoms with Crippen LogP contribution in [0.15, 0.2) is 36.4 Å². The van der Waals surface area contributed by atoms with Crippen LogP contribution in [0.25, 0.3) is 0 Å². The molecule has 0 aliphatic heterocycles. The number of benzene rings is 2. The minimum atomic E-state index is -0.561. The van der Waals surface area contributed by atoms with Crippen molar-refractivity contribution in [3.8, 4) is 5.75 Å². The Kier molecular flexibility index (Phi) is 6.22. The van der Waals surface area contributed by atoms with Crippen molar-refractivity contribution in [3.63, 3.8) is 0 Å². The first-order valence-electron chi connectivity index (χ1n) is 8.99. The second-order valence-electron chi connectivity index (χ2n) is 6.65. The van der Waals surface area contributed by atoms with E-state index in [1.54, 1.807) is 30.3 Å². The Balaban J connectivity index is 1.72. The van der Waals surface area contributed by atoms with Gasteiger partial charge in [0.2, 0.25) is 5.91 Å². The van der Waals surface area contributed by atoms with Gasteiger partial charge in [0.05, 0.1) is 12.8 Å². The lowest BCUT2D eigenvalue weighted by Crippen LogP contribution is -2.22. The minimum Gasteiger partial charge on any atom is -0.495 e. The normalized spacial score (nSPS) is 10.5. The van der Waals surface area contributed by atoms with Gasteiger partial charge in [0, 0.05) is 10.7 Å². The number of carbonyl (C=O) groups is 2. The smallest absolute Gasteiger partial charge is 0.280 e. The van der Waals surface area contributed by atoms with Gasteiger partial charge in [0.15, 0.2) is 11.5 Å². The van der Waals surface area contributed by atoms with Crippen LogP contribution in [0.4, 0.5) is 17.2 Å². The molecule has 0 radical (unpaired) electrons. The number of nitrogens with zero attached hydrogens (tertiary/aromatic N) is 3. The van der Waals surface area contributed by atoms with Gasteiger partial charge in [-0.25, -0.2) is 4.68 Å². The van der Waals surface area contributed by atoms with Crippen molar-refractivity contribution in [3.05, 3.63) is 58.2 Å². The number of anilines is 3. The van der Waals surface area contributed by atoms with Crippen molar-refractivity contribution in [2.75, 3.05) is 23.5 Å². The van der Waals surface area contributed by atoms with E-state index in [1.807, 2.05) is 19.9 Å². The Morgan fingerprint density at radius 2 is 1.90 bits per heavy atom. The van der Waals surface area contributed by atoms with Gasteiger partial charge in [-0.1, -0.05) is 28.9 Å². The highest BCUT2D eigenvalue weighted by molar-refractivity contribution is 6.31. The maximum atomic E-state index is 12.6. The molecule has 0 saturated heterocycles. The number of hydrogen-bond acceptors (Lipinski definition) is 6. The third kappa shape index (κ3) is 4.69. The number of amides is 2. The van der Waals surface area contributed by atoms with E-state index in [9.17, 15) is 9.59 Å². The summed E-state index contributed by atoms with van der Waals surface area (Å²) in [6.07, 6.45) is 0. The summed E-state index contributed by atoms with van der Waals surface area (Å²) < 4.78 is 6.40. The third-order valence-electron chi connectivity index (χ3n) is 4.36. The Morgan fingerprint density at radius 1 is 1.13 bits per heavy atom. The van der Waals surface area contributed by atoms with Crippen molar-refractivity contribution in [1.82, 2.24) is 15.0 Å². The quantitative estimate of drug-likeness (QED) is 0.554. The highest BCUT2D eigenvalue weighted by Gasteiger charge is 2.20. The molecular weight excluding hydrogens is 408 g/mol. The second kappa shape index (κ2) is 8.83. The van der Waals surface area contributed by atoms with Crippen LogP contribution < -0.4 is 21.1 Å². The van der Waals surface area contributed by atoms with Crippen LogP contribution in [0.1, 0.15) is 21.6 Å². The standard InChI is InChI=1S/C20H21ClN6O3/c1-11-4-7-16(30-3)15(8-11)24-20(29)18-19(22)27(26-25-18)10-17(28)23-14-9-13(21)6-5-12(14)2/h4-9H,10,22H2,1-3H3,(H,23,28)(H,24,29). The van der Waals surface area contributed by atoms with Gasteiger partial charge in [0.25, 0.3) is 5.91 Å². The number of methoxy groups -OCH3 is 1. The average Bonchev–Trinajstić information content (AvgIpc) is 3.05. The minimum absolute atomic E-state index is 0.0305. The molecule has 3 aromatic rings. The first kappa shape index (κ1) is 21.1. The summed E-state index contributed by atoms with van der Waals surface area (Å²) in [6, 6.07) is 10.5. The van der Waals surface area contributed by atoms with Crippen LogP contribution in [0, 0.1) is 13.8 Å². The van der Waals surface area contributed by atoms with Gasteiger partial charge < -0.3 is 21.1 Å². The zero-order valence-electron chi connectivity index (χ0n) is 16.7. The third-order valence-corrected chi connectivity index (χ3v) is 4.59. The molecule has 0 unspecified atom stereocenters. The summed E-state index contributed by atoms with van der Waals surface area (Å²) in [5.41, 5.74) is 8.76. The molecule has 10 heteroatoms. The predicted molar refractivity (Wildman–Crippen MR) is 115 cm³/mol. The van der Waals surface area contributed by atoms with E-state index in [0.717, 1.165) is 15.8 Å². The van der Waals surface area contributed by atoms with Gasteiger partial charge in [-0.05, 0) is 49.2 Å².